The van der Waals surface area contributed by atoms with Crippen LogP contribution in [0.1, 0.15) is 33.6 Å². The van der Waals surface area contributed by atoms with Crippen LogP contribution in [0.4, 0.5) is 0 Å². The van der Waals surface area contributed by atoms with Crippen LogP contribution in [0.25, 0.3) is 0 Å². The minimum absolute atomic E-state index is 0.0511. The monoisotopic (exact) mass is 274 g/mol. The topological polar surface area (TPSA) is 99.1 Å². The Morgan fingerprint density at radius 2 is 1.16 bits per heavy atom. The molecule has 1 aliphatic carbocycles. The van der Waals surface area contributed by atoms with Gasteiger partial charge in [0, 0.05) is 33.6 Å². The molecule has 0 aromatic heterocycles. The van der Waals surface area contributed by atoms with E-state index in [1.54, 1.807) is 0 Å². The number of carbonyl (C=O) groups is 3. The zero-order valence-corrected chi connectivity index (χ0v) is 11.1. The highest BCUT2D eigenvalue weighted by Gasteiger charge is 2.41. The lowest BCUT2D eigenvalue weighted by Crippen LogP contribution is -2.49. The van der Waals surface area contributed by atoms with Gasteiger partial charge in [0.15, 0.2) is 0 Å². The van der Waals surface area contributed by atoms with Gasteiger partial charge in [0.05, 0.1) is 6.10 Å². The van der Waals surface area contributed by atoms with Crippen molar-refractivity contribution in [1.82, 2.24) is 0 Å². The van der Waals surface area contributed by atoms with Crippen molar-refractivity contribution >= 4 is 17.9 Å². The van der Waals surface area contributed by atoms with E-state index in [0.29, 0.717) is 0 Å². The van der Waals surface area contributed by atoms with Gasteiger partial charge in [-0.1, -0.05) is 0 Å². The van der Waals surface area contributed by atoms with E-state index >= 15 is 0 Å². The summed E-state index contributed by atoms with van der Waals surface area (Å²) in [6, 6.07) is 0. The van der Waals surface area contributed by atoms with Crippen LogP contribution in [0.5, 0.6) is 0 Å². The van der Waals surface area contributed by atoms with Gasteiger partial charge >= 0.3 is 17.9 Å². The molecule has 0 saturated heterocycles. The molecule has 108 valence electrons. The summed E-state index contributed by atoms with van der Waals surface area (Å²) in [5, 5.41) is 9.84. The number of aliphatic hydroxyl groups is 1. The first-order valence-corrected chi connectivity index (χ1v) is 5.99. The number of ether oxygens (including phenoxy) is 3. The predicted octanol–water partition coefficient (Wildman–Crippen LogP) is -0.0638. The lowest BCUT2D eigenvalue weighted by Gasteiger charge is -2.37. The van der Waals surface area contributed by atoms with Crippen molar-refractivity contribution in [1.29, 1.82) is 0 Å². The standard InChI is InChI=1S/C12H18O7/c1-6(13)17-10-5-12(19-8(3)15)11(4-9(10)16)18-7(2)14/h9-12,16H,4-5H2,1-3H3/t9-,10-,11-,12-/m0/s1. The highest BCUT2D eigenvalue weighted by molar-refractivity contribution is 5.67. The van der Waals surface area contributed by atoms with Crippen LogP contribution in [-0.2, 0) is 28.6 Å². The number of aliphatic hydroxyl groups excluding tert-OH is 1. The molecule has 0 aromatic rings. The van der Waals surface area contributed by atoms with Crippen molar-refractivity contribution < 1.29 is 33.7 Å². The Balaban J connectivity index is 2.75. The van der Waals surface area contributed by atoms with Crippen molar-refractivity contribution in [2.75, 3.05) is 0 Å². The van der Waals surface area contributed by atoms with Crippen molar-refractivity contribution in [2.45, 2.75) is 58.0 Å². The van der Waals surface area contributed by atoms with Crippen LogP contribution >= 0.6 is 0 Å². The number of hydrogen-bond acceptors (Lipinski definition) is 7. The third-order valence-electron chi connectivity index (χ3n) is 2.73. The maximum Gasteiger partial charge on any atom is 0.303 e. The summed E-state index contributed by atoms with van der Waals surface area (Å²) in [6.07, 6.45) is -3.04. The van der Waals surface area contributed by atoms with Gasteiger partial charge in [0.1, 0.15) is 18.3 Å². The second-order valence-electron chi connectivity index (χ2n) is 4.48. The van der Waals surface area contributed by atoms with Crippen LogP contribution in [-0.4, -0.2) is 47.4 Å². The summed E-state index contributed by atoms with van der Waals surface area (Å²) < 4.78 is 15.0. The van der Waals surface area contributed by atoms with Crippen LogP contribution < -0.4 is 0 Å². The lowest BCUT2D eigenvalue weighted by atomic mass is 9.89. The Labute approximate surface area is 110 Å². The molecule has 4 atom stereocenters. The molecule has 0 spiro atoms. The fourth-order valence-corrected chi connectivity index (χ4v) is 2.09. The zero-order chi connectivity index (χ0) is 14.6. The van der Waals surface area contributed by atoms with Crippen LogP contribution in [0.2, 0.25) is 0 Å². The van der Waals surface area contributed by atoms with Crippen LogP contribution in [0.15, 0.2) is 0 Å². The number of hydrogen-bond donors (Lipinski definition) is 1. The Morgan fingerprint density at radius 3 is 1.58 bits per heavy atom. The third kappa shape index (κ3) is 4.86. The van der Waals surface area contributed by atoms with E-state index in [9.17, 15) is 19.5 Å². The molecule has 1 N–H and O–H groups in total. The van der Waals surface area contributed by atoms with Gasteiger partial charge in [-0.05, 0) is 0 Å². The zero-order valence-electron chi connectivity index (χ0n) is 11.1. The summed E-state index contributed by atoms with van der Waals surface area (Å²) in [7, 11) is 0. The fraction of sp³-hybridized carbons (Fsp3) is 0.750. The molecule has 7 heteroatoms. The third-order valence-corrected chi connectivity index (χ3v) is 2.73. The Hall–Kier alpha value is -1.63. The average Bonchev–Trinajstić information content (AvgIpc) is 2.22. The molecule has 7 nitrogen and oxygen atoms in total. The highest BCUT2D eigenvalue weighted by Crippen LogP contribution is 2.27. The Kier molecular flexibility index (Phi) is 5.29. The summed E-state index contributed by atoms with van der Waals surface area (Å²) in [5.41, 5.74) is 0. The molecule has 0 bridgehead atoms. The van der Waals surface area contributed by atoms with Crippen molar-refractivity contribution in [3.05, 3.63) is 0 Å². The van der Waals surface area contributed by atoms with E-state index in [0.717, 1.165) is 0 Å². The van der Waals surface area contributed by atoms with E-state index in [2.05, 4.69) is 0 Å². The highest BCUT2D eigenvalue weighted by atomic mass is 16.6. The first-order chi connectivity index (χ1) is 8.79. The van der Waals surface area contributed by atoms with Gasteiger partial charge in [-0.2, -0.15) is 0 Å². The first kappa shape index (κ1) is 15.4. The molecule has 0 amide bonds. The van der Waals surface area contributed by atoms with Crippen molar-refractivity contribution in [2.24, 2.45) is 0 Å². The van der Waals surface area contributed by atoms with E-state index in [4.69, 9.17) is 14.2 Å². The number of carbonyl (C=O) groups excluding carboxylic acids is 3. The Bertz CT molecular complexity index is 365. The number of rotatable bonds is 3. The van der Waals surface area contributed by atoms with Gasteiger partial charge in [0.25, 0.3) is 0 Å². The molecule has 1 fully saturated rings. The minimum atomic E-state index is -0.958. The van der Waals surface area contributed by atoms with Gasteiger partial charge in [-0.3, -0.25) is 14.4 Å². The number of esters is 3. The molecule has 0 heterocycles. The largest absolute Gasteiger partial charge is 0.460 e. The molecular formula is C12H18O7. The van der Waals surface area contributed by atoms with Gasteiger partial charge < -0.3 is 19.3 Å². The fourth-order valence-electron chi connectivity index (χ4n) is 2.09. The molecular weight excluding hydrogens is 256 g/mol. The molecule has 19 heavy (non-hydrogen) atoms. The average molecular weight is 274 g/mol. The second kappa shape index (κ2) is 6.51. The maximum absolute atomic E-state index is 11.0. The molecule has 0 aliphatic heterocycles. The molecule has 1 saturated carbocycles. The molecule has 1 aliphatic rings. The smallest absolute Gasteiger partial charge is 0.303 e. The second-order valence-corrected chi connectivity index (χ2v) is 4.48. The summed E-state index contributed by atoms with van der Waals surface area (Å²) in [6.45, 7) is 3.69. The summed E-state index contributed by atoms with van der Waals surface area (Å²) in [4.78, 5) is 32.9. The van der Waals surface area contributed by atoms with E-state index in [1.165, 1.54) is 20.8 Å². The maximum atomic E-state index is 11.0. The Morgan fingerprint density at radius 1 is 0.789 bits per heavy atom. The van der Waals surface area contributed by atoms with Crippen molar-refractivity contribution in [3.8, 4) is 0 Å². The van der Waals surface area contributed by atoms with Crippen LogP contribution in [0, 0.1) is 0 Å². The summed E-state index contributed by atoms with van der Waals surface area (Å²) in [5.74, 6) is -1.59. The van der Waals surface area contributed by atoms with Crippen LogP contribution in [0.3, 0.4) is 0 Å². The molecule has 0 aromatic carbocycles. The van der Waals surface area contributed by atoms with Crippen molar-refractivity contribution in [3.63, 3.8) is 0 Å². The molecule has 0 unspecified atom stereocenters. The predicted molar refractivity (Wildman–Crippen MR) is 61.9 cm³/mol. The van der Waals surface area contributed by atoms with E-state index in [-0.39, 0.29) is 12.8 Å². The van der Waals surface area contributed by atoms with Gasteiger partial charge in [-0.15, -0.1) is 0 Å². The lowest BCUT2D eigenvalue weighted by molar-refractivity contribution is -0.188. The SMILES string of the molecule is CC(=O)O[C@H]1C[C@H](OC(C)=O)[C@@H](O)C[C@@H]1OC(C)=O. The first-order valence-electron chi connectivity index (χ1n) is 5.99. The molecule has 0 radical (unpaired) electrons. The minimum Gasteiger partial charge on any atom is -0.460 e. The van der Waals surface area contributed by atoms with Gasteiger partial charge in [0.2, 0.25) is 0 Å². The van der Waals surface area contributed by atoms with E-state index in [1.807, 2.05) is 0 Å². The van der Waals surface area contributed by atoms with Gasteiger partial charge in [-0.25, -0.2) is 0 Å². The summed E-state index contributed by atoms with van der Waals surface area (Å²) >= 11 is 0. The quantitative estimate of drug-likeness (QED) is 0.568. The normalized spacial score (nSPS) is 30.3. The molecule has 1 rings (SSSR count). The van der Waals surface area contributed by atoms with E-state index < -0.39 is 42.3 Å².